The lowest BCUT2D eigenvalue weighted by atomic mass is 10.1. The SMILES string of the molecule is Nc1nccc(Oc2ccc(N)c3ccccc23)c1NC(=O)O. The zero-order valence-electron chi connectivity index (χ0n) is 12.0. The van der Waals surface area contributed by atoms with Crippen LogP contribution in [-0.2, 0) is 0 Å². The van der Waals surface area contributed by atoms with E-state index in [1.54, 1.807) is 12.1 Å². The topological polar surface area (TPSA) is 123 Å². The number of nitrogens with two attached hydrogens (primary N) is 2. The first-order valence-electron chi connectivity index (χ1n) is 6.76. The minimum atomic E-state index is -1.25. The summed E-state index contributed by atoms with van der Waals surface area (Å²) in [5.41, 5.74) is 12.4. The lowest BCUT2D eigenvalue weighted by molar-refractivity contribution is 0.209. The highest BCUT2D eigenvalue weighted by atomic mass is 16.5. The number of amides is 1. The number of aromatic nitrogens is 1. The van der Waals surface area contributed by atoms with Crippen LogP contribution < -0.4 is 21.5 Å². The third kappa shape index (κ3) is 2.80. The number of hydrogen-bond acceptors (Lipinski definition) is 5. The number of fused-ring (bicyclic) bond motifs is 1. The van der Waals surface area contributed by atoms with Gasteiger partial charge in [-0.2, -0.15) is 0 Å². The van der Waals surface area contributed by atoms with Crippen LogP contribution in [0, 0.1) is 0 Å². The molecule has 3 aromatic rings. The molecule has 3 rings (SSSR count). The van der Waals surface area contributed by atoms with Crippen molar-refractivity contribution < 1.29 is 14.6 Å². The third-order valence-corrected chi connectivity index (χ3v) is 3.31. The highest BCUT2D eigenvalue weighted by Crippen LogP contribution is 2.37. The smallest absolute Gasteiger partial charge is 0.409 e. The van der Waals surface area contributed by atoms with Crippen molar-refractivity contribution in [1.82, 2.24) is 4.98 Å². The Morgan fingerprint density at radius 2 is 1.78 bits per heavy atom. The lowest BCUT2D eigenvalue weighted by Crippen LogP contribution is -2.11. The molecule has 0 saturated heterocycles. The van der Waals surface area contributed by atoms with Crippen molar-refractivity contribution in [3.63, 3.8) is 0 Å². The highest BCUT2D eigenvalue weighted by molar-refractivity contribution is 5.97. The summed E-state index contributed by atoms with van der Waals surface area (Å²) in [7, 11) is 0. The fourth-order valence-corrected chi connectivity index (χ4v) is 2.28. The summed E-state index contributed by atoms with van der Waals surface area (Å²) in [6, 6.07) is 12.5. The fraction of sp³-hybridized carbons (Fsp3) is 0. The van der Waals surface area contributed by atoms with Crippen molar-refractivity contribution in [1.29, 1.82) is 0 Å². The summed E-state index contributed by atoms with van der Waals surface area (Å²) in [4.78, 5) is 14.8. The van der Waals surface area contributed by atoms with Gasteiger partial charge in [-0.05, 0) is 12.1 Å². The van der Waals surface area contributed by atoms with E-state index in [4.69, 9.17) is 21.3 Å². The molecular formula is C16H14N4O3. The van der Waals surface area contributed by atoms with Gasteiger partial charge in [0, 0.05) is 28.7 Å². The van der Waals surface area contributed by atoms with E-state index in [-0.39, 0.29) is 17.3 Å². The van der Waals surface area contributed by atoms with Crippen molar-refractivity contribution >= 4 is 34.1 Å². The number of ether oxygens (including phenoxy) is 1. The van der Waals surface area contributed by atoms with Crippen LogP contribution in [0.4, 0.5) is 22.0 Å². The molecule has 7 heteroatoms. The van der Waals surface area contributed by atoms with Crippen LogP contribution in [0.2, 0.25) is 0 Å². The quantitative estimate of drug-likeness (QED) is 0.550. The van der Waals surface area contributed by atoms with E-state index in [1.165, 1.54) is 12.3 Å². The van der Waals surface area contributed by atoms with Gasteiger partial charge >= 0.3 is 6.09 Å². The maximum atomic E-state index is 10.9. The second-order valence-corrected chi connectivity index (χ2v) is 4.80. The van der Waals surface area contributed by atoms with Crippen molar-refractivity contribution in [3.05, 3.63) is 48.7 Å². The average molecular weight is 310 g/mol. The Bertz CT molecular complexity index is 896. The number of nitrogen functional groups attached to an aromatic ring is 2. The predicted octanol–water partition coefficient (Wildman–Crippen LogP) is 3.28. The lowest BCUT2D eigenvalue weighted by Gasteiger charge is -2.14. The van der Waals surface area contributed by atoms with Crippen LogP contribution in [0.1, 0.15) is 0 Å². The Balaban J connectivity index is 2.08. The van der Waals surface area contributed by atoms with Gasteiger partial charge in [0.05, 0.1) is 0 Å². The molecule has 23 heavy (non-hydrogen) atoms. The molecule has 1 amide bonds. The average Bonchev–Trinajstić information content (AvgIpc) is 2.53. The maximum Gasteiger partial charge on any atom is 0.409 e. The van der Waals surface area contributed by atoms with Crippen LogP contribution >= 0.6 is 0 Å². The Morgan fingerprint density at radius 3 is 2.52 bits per heavy atom. The molecule has 0 aliphatic carbocycles. The molecule has 6 N–H and O–H groups in total. The molecule has 2 aromatic carbocycles. The third-order valence-electron chi connectivity index (χ3n) is 3.31. The first-order chi connectivity index (χ1) is 11.1. The largest absolute Gasteiger partial charge is 0.465 e. The van der Waals surface area contributed by atoms with Gasteiger partial charge in [0.2, 0.25) is 0 Å². The van der Waals surface area contributed by atoms with E-state index in [1.807, 2.05) is 24.3 Å². The second-order valence-electron chi connectivity index (χ2n) is 4.80. The minimum absolute atomic E-state index is 0.0321. The number of pyridine rings is 1. The van der Waals surface area contributed by atoms with Gasteiger partial charge in [-0.3, -0.25) is 5.32 Å². The normalized spacial score (nSPS) is 10.4. The number of carboxylic acid groups (broad SMARTS) is 1. The van der Waals surface area contributed by atoms with E-state index < -0.39 is 6.09 Å². The number of benzene rings is 2. The Morgan fingerprint density at radius 1 is 1.04 bits per heavy atom. The van der Waals surface area contributed by atoms with Crippen LogP contribution in [0.5, 0.6) is 11.5 Å². The van der Waals surface area contributed by atoms with Crippen molar-refractivity contribution in [2.45, 2.75) is 0 Å². The van der Waals surface area contributed by atoms with Crippen LogP contribution in [-0.4, -0.2) is 16.2 Å². The van der Waals surface area contributed by atoms with Crippen LogP contribution in [0.15, 0.2) is 48.7 Å². The molecule has 7 nitrogen and oxygen atoms in total. The molecule has 0 radical (unpaired) electrons. The van der Waals surface area contributed by atoms with E-state index in [9.17, 15) is 4.79 Å². The van der Waals surface area contributed by atoms with E-state index in [0.29, 0.717) is 11.4 Å². The van der Waals surface area contributed by atoms with E-state index >= 15 is 0 Å². The zero-order chi connectivity index (χ0) is 16.4. The molecule has 0 bridgehead atoms. The Hall–Kier alpha value is -3.48. The first kappa shape index (κ1) is 14.5. The number of rotatable bonds is 3. The Labute approximate surface area is 131 Å². The summed E-state index contributed by atoms with van der Waals surface area (Å²) in [6.07, 6.45) is 0.189. The summed E-state index contributed by atoms with van der Waals surface area (Å²) < 4.78 is 5.86. The minimum Gasteiger partial charge on any atom is -0.465 e. The van der Waals surface area contributed by atoms with Crippen LogP contribution in [0.25, 0.3) is 10.8 Å². The summed E-state index contributed by atoms with van der Waals surface area (Å²) in [5.74, 6) is 0.827. The molecule has 0 saturated carbocycles. The molecule has 0 fully saturated rings. The second kappa shape index (κ2) is 5.72. The summed E-state index contributed by atoms with van der Waals surface area (Å²) in [5, 5.41) is 12.8. The predicted molar refractivity (Wildman–Crippen MR) is 88.7 cm³/mol. The molecule has 116 valence electrons. The van der Waals surface area contributed by atoms with Crippen molar-refractivity contribution in [2.24, 2.45) is 0 Å². The van der Waals surface area contributed by atoms with Gasteiger partial charge in [-0.25, -0.2) is 9.78 Å². The van der Waals surface area contributed by atoms with E-state index in [2.05, 4.69) is 10.3 Å². The molecule has 1 aromatic heterocycles. The first-order valence-corrected chi connectivity index (χ1v) is 6.76. The van der Waals surface area contributed by atoms with Crippen molar-refractivity contribution in [2.75, 3.05) is 16.8 Å². The van der Waals surface area contributed by atoms with Gasteiger partial charge in [-0.1, -0.05) is 24.3 Å². The number of nitrogens with zero attached hydrogens (tertiary/aromatic N) is 1. The van der Waals surface area contributed by atoms with Crippen molar-refractivity contribution in [3.8, 4) is 11.5 Å². The molecular weight excluding hydrogens is 296 g/mol. The molecule has 0 unspecified atom stereocenters. The number of hydrogen-bond donors (Lipinski definition) is 4. The Kier molecular flexibility index (Phi) is 3.60. The highest BCUT2D eigenvalue weighted by Gasteiger charge is 2.14. The maximum absolute atomic E-state index is 10.9. The molecule has 0 atom stereocenters. The molecule has 0 spiro atoms. The molecule has 0 aliphatic heterocycles. The van der Waals surface area contributed by atoms with Gasteiger partial charge < -0.3 is 21.3 Å². The number of carbonyl (C=O) groups is 1. The molecule has 1 heterocycles. The van der Waals surface area contributed by atoms with Gasteiger partial charge in [0.25, 0.3) is 0 Å². The fourth-order valence-electron chi connectivity index (χ4n) is 2.28. The van der Waals surface area contributed by atoms with Gasteiger partial charge in [0.15, 0.2) is 11.6 Å². The van der Waals surface area contributed by atoms with Crippen LogP contribution in [0.3, 0.4) is 0 Å². The summed E-state index contributed by atoms with van der Waals surface area (Å²) in [6.45, 7) is 0. The van der Waals surface area contributed by atoms with Gasteiger partial charge in [0.1, 0.15) is 11.4 Å². The number of nitrogens with one attached hydrogen (secondary N) is 1. The zero-order valence-corrected chi connectivity index (χ0v) is 12.0. The molecule has 0 aliphatic rings. The summed E-state index contributed by atoms with van der Waals surface area (Å²) >= 11 is 0. The monoisotopic (exact) mass is 310 g/mol. The standard InChI is InChI=1S/C16H14N4O3/c17-11-5-6-12(10-4-2-1-3-9(10)11)23-13-7-8-19-15(18)14(13)20-16(21)22/h1-8,20H,17H2,(H2,18,19)(H,21,22). The number of anilines is 3. The van der Waals surface area contributed by atoms with Gasteiger partial charge in [-0.15, -0.1) is 0 Å². The van der Waals surface area contributed by atoms with E-state index in [0.717, 1.165) is 10.8 Å².